The van der Waals surface area contributed by atoms with Gasteiger partial charge in [0.1, 0.15) is 16.1 Å². The molecule has 0 rings (SSSR count). The molecule has 2 heteroatoms. The fourth-order valence-electron chi connectivity index (χ4n) is 3.16. The van der Waals surface area contributed by atoms with Crippen LogP contribution in [0, 0.1) is 11.1 Å². The molecular weight excluding hydrogens is 320 g/mol. The van der Waals surface area contributed by atoms with Crippen molar-refractivity contribution in [1.29, 1.82) is 0 Å². The first-order valence-corrected chi connectivity index (χ1v) is 17.3. The van der Waals surface area contributed by atoms with Crippen molar-refractivity contribution in [2.24, 2.45) is 0 Å². The fraction of sp³-hybridized carbons (Fsp3) is 0.909. The smallest absolute Gasteiger partial charge is 0.131 e. The molecule has 0 aromatic carbocycles. The third kappa shape index (κ3) is 15.5. The average molecular weight is 367 g/mol. The van der Waals surface area contributed by atoms with Crippen LogP contribution in [-0.2, 0) is 0 Å². The largest absolute Gasteiger partial charge is 0.139 e. The third-order valence-electron chi connectivity index (χ3n) is 5.05. The van der Waals surface area contributed by atoms with Crippen LogP contribution in [0.2, 0.25) is 38.3 Å². The fourth-order valence-corrected chi connectivity index (χ4v) is 8.38. The summed E-state index contributed by atoms with van der Waals surface area (Å²) in [5.74, 6) is 0. The van der Waals surface area contributed by atoms with E-state index in [4.69, 9.17) is 0 Å². The van der Waals surface area contributed by atoms with Crippen LogP contribution in [0.5, 0.6) is 0 Å². The van der Waals surface area contributed by atoms with Crippen LogP contribution in [-0.4, -0.2) is 16.1 Å². The second-order valence-electron chi connectivity index (χ2n) is 9.05. The summed E-state index contributed by atoms with van der Waals surface area (Å²) in [4.78, 5) is 0. The predicted molar refractivity (Wildman–Crippen MR) is 119 cm³/mol. The van der Waals surface area contributed by atoms with Crippen molar-refractivity contribution < 1.29 is 0 Å². The van der Waals surface area contributed by atoms with Crippen LogP contribution in [0.1, 0.15) is 90.9 Å². The van der Waals surface area contributed by atoms with E-state index >= 15 is 0 Å². The number of rotatable bonds is 14. The summed E-state index contributed by atoms with van der Waals surface area (Å²) in [6.07, 6.45) is 17.0. The first-order valence-electron chi connectivity index (χ1n) is 10.9. The van der Waals surface area contributed by atoms with E-state index in [0.29, 0.717) is 0 Å². The Morgan fingerprint density at radius 1 is 0.458 bits per heavy atom. The van der Waals surface area contributed by atoms with Crippen molar-refractivity contribution in [3.8, 4) is 11.1 Å². The molecule has 0 aromatic heterocycles. The first-order chi connectivity index (χ1) is 11.3. The summed E-state index contributed by atoms with van der Waals surface area (Å²) in [6, 6.07) is 2.82. The van der Waals surface area contributed by atoms with E-state index in [1.807, 2.05) is 0 Å². The van der Waals surface area contributed by atoms with Crippen molar-refractivity contribution in [2.75, 3.05) is 0 Å². The molecule has 0 saturated carbocycles. The third-order valence-corrected chi connectivity index (χ3v) is 10.1. The highest BCUT2D eigenvalue weighted by molar-refractivity contribution is 6.90. The highest BCUT2D eigenvalue weighted by atomic mass is 28.3. The van der Waals surface area contributed by atoms with Crippen molar-refractivity contribution in [2.45, 2.75) is 129 Å². The van der Waals surface area contributed by atoms with Crippen molar-refractivity contribution in [3.63, 3.8) is 0 Å². The van der Waals surface area contributed by atoms with Gasteiger partial charge in [-0.1, -0.05) is 117 Å². The lowest BCUT2D eigenvalue weighted by Gasteiger charge is -2.18. The molecule has 0 unspecified atom stereocenters. The highest BCUT2D eigenvalue weighted by Gasteiger charge is 2.21. The van der Waals surface area contributed by atoms with Gasteiger partial charge in [0.15, 0.2) is 0 Å². The maximum Gasteiger partial charge on any atom is 0.131 e. The monoisotopic (exact) mass is 366 g/mol. The summed E-state index contributed by atoms with van der Waals surface area (Å²) >= 11 is 0. The molecule has 0 aromatic rings. The van der Waals surface area contributed by atoms with E-state index < -0.39 is 16.1 Å². The maximum absolute atomic E-state index is 3.81. The predicted octanol–water partition coefficient (Wildman–Crippen LogP) is 8.21. The molecule has 0 bridgehead atoms. The van der Waals surface area contributed by atoms with Gasteiger partial charge in [-0.25, -0.2) is 0 Å². The van der Waals surface area contributed by atoms with Crippen molar-refractivity contribution in [1.82, 2.24) is 0 Å². The number of unbranched alkanes of at least 4 members (excludes halogenated alkanes) is 10. The Labute approximate surface area is 156 Å². The molecule has 0 saturated heterocycles. The van der Waals surface area contributed by atoms with Gasteiger partial charge < -0.3 is 0 Å². The van der Waals surface area contributed by atoms with Crippen LogP contribution in [0.4, 0.5) is 0 Å². The summed E-state index contributed by atoms with van der Waals surface area (Å²) < 4.78 is 0. The minimum absolute atomic E-state index is 1.27. The molecule has 0 aliphatic heterocycles. The van der Waals surface area contributed by atoms with Crippen LogP contribution in [0.25, 0.3) is 0 Å². The van der Waals surface area contributed by atoms with Crippen molar-refractivity contribution in [3.05, 3.63) is 0 Å². The van der Waals surface area contributed by atoms with Crippen LogP contribution >= 0.6 is 0 Å². The summed E-state index contributed by atoms with van der Waals surface area (Å²) in [6.45, 7) is 14.5. The molecule has 24 heavy (non-hydrogen) atoms. The first kappa shape index (κ1) is 24.0. The lowest BCUT2D eigenvalue weighted by Crippen LogP contribution is -2.28. The molecule has 0 aliphatic rings. The van der Waals surface area contributed by atoms with Crippen LogP contribution in [0.15, 0.2) is 0 Å². The van der Waals surface area contributed by atoms with Gasteiger partial charge in [0.25, 0.3) is 0 Å². The molecule has 0 amide bonds. The molecular formula is C22H46Si2. The van der Waals surface area contributed by atoms with Gasteiger partial charge in [-0.3, -0.25) is 0 Å². The second kappa shape index (κ2) is 14.2. The number of hydrogen-bond donors (Lipinski definition) is 0. The zero-order chi connectivity index (χ0) is 18.3. The van der Waals surface area contributed by atoms with Crippen molar-refractivity contribution >= 4 is 16.1 Å². The van der Waals surface area contributed by atoms with Gasteiger partial charge >= 0.3 is 0 Å². The molecule has 0 heterocycles. The Balaban J connectivity index is 4.00. The Hall–Kier alpha value is -0.00623. The second-order valence-corrected chi connectivity index (χ2v) is 18.1. The number of hydrogen-bond acceptors (Lipinski definition) is 0. The van der Waals surface area contributed by atoms with Gasteiger partial charge in [0.2, 0.25) is 0 Å². The van der Waals surface area contributed by atoms with E-state index in [2.05, 4.69) is 51.1 Å². The Morgan fingerprint density at radius 2 is 0.750 bits per heavy atom. The molecule has 0 nitrogen and oxygen atoms in total. The minimum atomic E-state index is -1.27. The molecule has 0 spiro atoms. The van der Waals surface area contributed by atoms with E-state index in [0.717, 1.165) is 0 Å². The van der Waals surface area contributed by atoms with Crippen LogP contribution in [0.3, 0.4) is 0 Å². The SMILES string of the molecule is CCCCCCCC[Si](C)(C)C#C[Si](C)(C)CCCCCCCC. The molecule has 0 N–H and O–H groups in total. The van der Waals surface area contributed by atoms with E-state index in [9.17, 15) is 0 Å². The Bertz CT molecular complexity index is 315. The summed E-state index contributed by atoms with van der Waals surface area (Å²) in [5, 5.41) is 0. The summed E-state index contributed by atoms with van der Waals surface area (Å²) in [7, 11) is -2.55. The highest BCUT2D eigenvalue weighted by Crippen LogP contribution is 2.18. The van der Waals surface area contributed by atoms with E-state index in [1.54, 1.807) is 0 Å². The zero-order valence-corrected chi connectivity index (χ0v) is 19.9. The molecule has 142 valence electrons. The molecule has 0 atom stereocenters. The summed E-state index contributed by atoms with van der Waals surface area (Å²) in [5.41, 5.74) is 7.63. The lowest BCUT2D eigenvalue weighted by molar-refractivity contribution is 0.622. The van der Waals surface area contributed by atoms with Gasteiger partial charge in [-0.2, -0.15) is 0 Å². The van der Waals surface area contributed by atoms with E-state index in [1.165, 1.54) is 89.1 Å². The van der Waals surface area contributed by atoms with Gasteiger partial charge in [-0.15, -0.1) is 11.1 Å². The Kier molecular flexibility index (Phi) is 14.2. The standard InChI is InChI=1S/C22H46Si2/c1-7-9-11-13-15-17-19-23(3,4)21-22-24(5,6)20-18-16-14-12-10-8-2/h7-20H2,1-6H3. The minimum Gasteiger partial charge on any atom is -0.139 e. The molecule has 0 radical (unpaired) electrons. The van der Waals surface area contributed by atoms with Gasteiger partial charge in [-0.05, 0) is 12.1 Å². The molecule has 0 aliphatic carbocycles. The zero-order valence-electron chi connectivity index (χ0n) is 17.9. The van der Waals surface area contributed by atoms with E-state index in [-0.39, 0.29) is 0 Å². The van der Waals surface area contributed by atoms with Gasteiger partial charge in [0, 0.05) is 0 Å². The normalized spacial score (nSPS) is 12.1. The topological polar surface area (TPSA) is 0 Å². The van der Waals surface area contributed by atoms with Gasteiger partial charge in [0.05, 0.1) is 0 Å². The lowest BCUT2D eigenvalue weighted by atomic mass is 10.1. The quantitative estimate of drug-likeness (QED) is 0.165. The Morgan fingerprint density at radius 3 is 1.08 bits per heavy atom. The average Bonchev–Trinajstić information content (AvgIpc) is 2.52. The molecule has 0 fully saturated rings. The van der Waals surface area contributed by atoms with Crippen LogP contribution < -0.4 is 0 Å². The maximum atomic E-state index is 3.81.